The van der Waals surface area contributed by atoms with Gasteiger partial charge in [0.25, 0.3) is 0 Å². The summed E-state index contributed by atoms with van der Waals surface area (Å²) in [5.74, 6) is 0.893. The molecule has 0 bridgehead atoms. The van der Waals surface area contributed by atoms with Gasteiger partial charge in [0.1, 0.15) is 5.76 Å². The summed E-state index contributed by atoms with van der Waals surface area (Å²) in [4.78, 5) is 16.3. The Morgan fingerprint density at radius 3 is 2.71 bits per heavy atom. The van der Waals surface area contributed by atoms with Gasteiger partial charge in [0.05, 0.1) is 18.7 Å². The molecular weight excluding hydrogens is 266 g/mol. The highest BCUT2D eigenvalue weighted by molar-refractivity contribution is 5.79. The maximum atomic E-state index is 12.1. The molecule has 0 aliphatic carbocycles. The lowest BCUT2D eigenvalue weighted by atomic mass is 9.95. The summed E-state index contributed by atoms with van der Waals surface area (Å²) in [7, 11) is 0. The van der Waals surface area contributed by atoms with Crippen molar-refractivity contribution >= 4 is 5.91 Å². The predicted molar refractivity (Wildman–Crippen MR) is 80.3 cm³/mol. The first-order valence-electron chi connectivity index (χ1n) is 7.13. The fraction of sp³-hybridized carbons (Fsp3) is 0.375. The zero-order chi connectivity index (χ0) is 15.2. The van der Waals surface area contributed by atoms with Crippen molar-refractivity contribution in [3.8, 4) is 0 Å². The molecule has 2 atom stereocenters. The fourth-order valence-corrected chi connectivity index (χ4v) is 2.04. The number of nitrogens with zero attached hydrogens (tertiary/aromatic N) is 1. The Balaban J connectivity index is 1.90. The first kappa shape index (κ1) is 15.3. The third kappa shape index (κ3) is 3.92. The van der Waals surface area contributed by atoms with Crippen LogP contribution in [-0.4, -0.2) is 10.9 Å². The smallest absolute Gasteiger partial charge is 0.225 e. The SMILES string of the molecule is CCc1cnc(CNC(=O)C(C)C(N)c2ccccc2)o1. The first-order chi connectivity index (χ1) is 10.1. The summed E-state index contributed by atoms with van der Waals surface area (Å²) in [6.45, 7) is 4.09. The van der Waals surface area contributed by atoms with E-state index in [2.05, 4.69) is 10.3 Å². The van der Waals surface area contributed by atoms with E-state index in [1.807, 2.05) is 44.2 Å². The van der Waals surface area contributed by atoms with E-state index in [1.165, 1.54) is 0 Å². The van der Waals surface area contributed by atoms with E-state index in [9.17, 15) is 4.79 Å². The van der Waals surface area contributed by atoms with Crippen molar-refractivity contribution in [1.82, 2.24) is 10.3 Å². The average molecular weight is 287 g/mol. The highest BCUT2D eigenvalue weighted by Crippen LogP contribution is 2.19. The number of aryl methyl sites for hydroxylation is 1. The second-order valence-corrected chi connectivity index (χ2v) is 5.02. The van der Waals surface area contributed by atoms with E-state index in [-0.39, 0.29) is 24.4 Å². The van der Waals surface area contributed by atoms with Gasteiger partial charge in [-0.05, 0) is 5.56 Å². The normalized spacial score (nSPS) is 13.7. The Bertz CT molecular complexity index is 580. The Morgan fingerprint density at radius 1 is 1.38 bits per heavy atom. The van der Waals surface area contributed by atoms with Crippen molar-refractivity contribution in [2.45, 2.75) is 32.9 Å². The molecule has 0 fully saturated rings. The molecule has 5 nitrogen and oxygen atoms in total. The summed E-state index contributed by atoms with van der Waals surface area (Å²) < 4.78 is 5.45. The van der Waals surface area contributed by atoms with E-state index in [4.69, 9.17) is 10.2 Å². The first-order valence-corrected chi connectivity index (χ1v) is 7.13. The van der Waals surface area contributed by atoms with Gasteiger partial charge in [-0.2, -0.15) is 0 Å². The molecule has 1 aromatic heterocycles. The molecule has 2 aromatic rings. The minimum Gasteiger partial charge on any atom is -0.444 e. The van der Waals surface area contributed by atoms with Gasteiger partial charge >= 0.3 is 0 Å². The molecule has 1 amide bonds. The van der Waals surface area contributed by atoms with E-state index in [0.717, 1.165) is 17.7 Å². The van der Waals surface area contributed by atoms with Gasteiger partial charge in [-0.15, -0.1) is 0 Å². The van der Waals surface area contributed by atoms with Gasteiger partial charge in [-0.25, -0.2) is 4.98 Å². The molecule has 2 unspecified atom stereocenters. The summed E-state index contributed by atoms with van der Waals surface area (Å²) in [5.41, 5.74) is 7.08. The number of hydrogen-bond donors (Lipinski definition) is 2. The summed E-state index contributed by atoms with van der Waals surface area (Å²) in [5, 5.41) is 2.81. The summed E-state index contributed by atoms with van der Waals surface area (Å²) in [6.07, 6.45) is 2.47. The lowest BCUT2D eigenvalue weighted by Gasteiger charge is -2.19. The van der Waals surface area contributed by atoms with Crippen LogP contribution in [0.4, 0.5) is 0 Å². The Hall–Kier alpha value is -2.14. The van der Waals surface area contributed by atoms with Crippen LogP contribution >= 0.6 is 0 Å². The molecule has 0 radical (unpaired) electrons. The van der Waals surface area contributed by atoms with Crippen molar-refractivity contribution < 1.29 is 9.21 Å². The molecule has 0 saturated heterocycles. The number of nitrogens with one attached hydrogen (secondary N) is 1. The van der Waals surface area contributed by atoms with Crippen LogP contribution in [0.5, 0.6) is 0 Å². The average Bonchev–Trinajstić information content (AvgIpc) is 3.00. The third-order valence-corrected chi connectivity index (χ3v) is 3.50. The van der Waals surface area contributed by atoms with E-state index in [1.54, 1.807) is 6.20 Å². The molecule has 21 heavy (non-hydrogen) atoms. The van der Waals surface area contributed by atoms with E-state index < -0.39 is 0 Å². The highest BCUT2D eigenvalue weighted by atomic mass is 16.4. The van der Waals surface area contributed by atoms with E-state index in [0.29, 0.717) is 5.89 Å². The molecule has 1 heterocycles. The maximum Gasteiger partial charge on any atom is 0.225 e. The minimum absolute atomic E-state index is 0.109. The van der Waals surface area contributed by atoms with Crippen molar-refractivity contribution in [3.63, 3.8) is 0 Å². The van der Waals surface area contributed by atoms with Crippen LogP contribution in [0.25, 0.3) is 0 Å². The lowest BCUT2D eigenvalue weighted by Crippen LogP contribution is -2.35. The van der Waals surface area contributed by atoms with Crippen LogP contribution in [0.1, 0.15) is 37.1 Å². The van der Waals surface area contributed by atoms with Crippen LogP contribution < -0.4 is 11.1 Å². The number of aromatic nitrogens is 1. The Labute approximate surface area is 124 Å². The summed E-state index contributed by atoms with van der Waals surface area (Å²) >= 11 is 0. The quantitative estimate of drug-likeness (QED) is 0.853. The summed E-state index contributed by atoms with van der Waals surface area (Å²) in [6, 6.07) is 9.28. The standard InChI is InChI=1S/C16H21N3O2/c1-3-13-9-18-14(21-13)10-19-16(20)11(2)15(17)12-7-5-4-6-8-12/h4-9,11,15H,3,10,17H2,1-2H3,(H,19,20). The molecule has 0 spiro atoms. The number of benzene rings is 1. The molecule has 0 aliphatic heterocycles. The molecule has 5 heteroatoms. The van der Waals surface area contributed by atoms with Gasteiger partial charge in [-0.3, -0.25) is 4.79 Å². The van der Waals surface area contributed by atoms with Crippen LogP contribution in [0, 0.1) is 5.92 Å². The second kappa shape index (κ2) is 7.04. The molecule has 3 N–H and O–H groups in total. The van der Waals surface area contributed by atoms with Gasteiger partial charge in [0, 0.05) is 12.5 Å². The number of rotatable bonds is 6. The molecule has 2 rings (SSSR count). The number of nitrogens with two attached hydrogens (primary N) is 1. The second-order valence-electron chi connectivity index (χ2n) is 5.02. The molecule has 0 saturated carbocycles. The van der Waals surface area contributed by atoms with Gasteiger partial charge in [0.15, 0.2) is 0 Å². The van der Waals surface area contributed by atoms with Crippen molar-refractivity contribution in [2.24, 2.45) is 11.7 Å². The Morgan fingerprint density at radius 2 is 2.10 bits per heavy atom. The van der Waals surface area contributed by atoms with Crippen LogP contribution in [0.15, 0.2) is 40.9 Å². The van der Waals surface area contributed by atoms with Gasteiger partial charge < -0.3 is 15.5 Å². The monoisotopic (exact) mass is 287 g/mol. The highest BCUT2D eigenvalue weighted by Gasteiger charge is 2.22. The zero-order valence-corrected chi connectivity index (χ0v) is 12.4. The van der Waals surface area contributed by atoms with Gasteiger partial charge in [-0.1, -0.05) is 44.2 Å². The minimum atomic E-state index is -0.332. The maximum absolute atomic E-state index is 12.1. The molecule has 112 valence electrons. The van der Waals surface area contributed by atoms with Crippen LogP contribution in [-0.2, 0) is 17.8 Å². The fourth-order valence-electron chi connectivity index (χ4n) is 2.04. The number of hydrogen-bond acceptors (Lipinski definition) is 4. The predicted octanol–water partition coefficient (Wildman–Crippen LogP) is 2.19. The number of oxazole rings is 1. The van der Waals surface area contributed by atoms with Crippen molar-refractivity contribution in [1.29, 1.82) is 0 Å². The molecular formula is C16H21N3O2. The van der Waals surface area contributed by atoms with E-state index >= 15 is 0 Å². The zero-order valence-electron chi connectivity index (χ0n) is 12.4. The van der Waals surface area contributed by atoms with Crippen LogP contribution in [0.3, 0.4) is 0 Å². The Kier molecular flexibility index (Phi) is 5.11. The largest absolute Gasteiger partial charge is 0.444 e. The number of carbonyl (C=O) groups is 1. The van der Waals surface area contributed by atoms with Crippen molar-refractivity contribution in [2.75, 3.05) is 0 Å². The topological polar surface area (TPSA) is 81.2 Å². The van der Waals surface area contributed by atoms with Crippen molar-refractivity contribution in [3.05, 3.63) is 53.7 Å². The van der Waals surface area contributed by atoms with Gasteiger partial charge in [0.2, 0.25) is 11.8 Å². The molecule has 0 aliphatic rings. The number of amides is 1. The molecule has 1 aromatic carbocycles. The van der Waals surface area contributed by atoms with Crippen LogP contribution in [0.2, 0.25) is 0 Å². The number of carbonyl (C=O) groups excluding carboxylic acids is 1. The third-order valence-electron chi connectivity index (χ3n) is 3.50. The lowest BCUT2D eigenvalue weighted by molar-refractivity contribution is -0.125.